The van der Waals surface area contributed by atoms with Crippen molar-refractivity contribution in [3.8, 4) is 0 Å². The van der Waals surface area contributed by atoms with Crippen molar-refractivity contribution in [1.82, 2.24) is 0 Å². The monoisotopic (exact) mass is 316 g/mol. The Kier molecular flexibility index (Phi) is 0.824. The first kappa shape index (κ1) is 7.55. The predicted octanol–water partition coefficient (Wildman–Crippen LogP) is 1.16. The SMILES string of the molecule is O=C1C2C3C(=O)C4(Br)C2C2C4C3C12Br. The second-order valence-electron chi connectivity index (χ2n) is 5.42. The number of carbonyl (C=O) groups is 2. The molecule has 0 spiro atoms. The fraction of sp³-hybridized carbons (Fsp3) is 0.800. The minimum atomic E-state index is -0.263. The normalized spacial score (nSPS) is 79.6. The molecule has 0 N–H and O–H groups in total. The van der Waals surface area contributed by atoms with E-state index < -0.39 is 0 Å². The molecule has 0 radical (unpaired) electrons. The molecule has 2 nitrogen and oxygen atoms in total. The van der Waals surface area contributed by atoms with E-state index in [0.717, 1.165) is 0 Å². The van der Waals surface area contributed by atoms with Crippen molar-refractivity contribution < 1.29 is 9.59 Å². The summed E-state index contributed by atoms with van der Waals surface area (Å²) in [5.74, 6) is 2.45. The standard InChI is InChI=1S/C10H6Br2O2/c11-9-3-1-2(8(9)14)4-6(9)5(3)10(4,12)7(1)13/h1-6H. The lowest BCUT2D eigenvalue weighted by Crippen LogP contribution is -2.74. The van der Waals surface area contributed by atoms with E-state index in [0.29, 0.717) is 35.2 Å². The highest BCUT2D eigenvalue weighted by atomic mass is 79.9. The molecule has 0 aromatic carbocycles. The topological polar surface area (TPSA) is 34.1 Å². The fourth-order valence-corrected chi connectivity index (χ4v) is 8.27. The van der Waals surface area contributed by atoms with Gasteiger partial charge in [-0.25, -0.2) is 0 Å². The van der Waals surface area contributed by atoms with Crippen LogP contribution in [-0.2, 0) is 9.59 Å². The van der Waals surface area contributed by atoms with Crippen LogP contribution in [-0.4, -0.2) is 20.2 Å². The Hall–Kier alpha value is 0.300. The Morgan fingerprint density at radius 1 is 0.786 bits per heavy atom. The smallest absolute Gasteiger partial charge is 0.154 e. The van der Waals surface area contributed by atoms with Crippen molar-refractivity contribution in [2.45, 2.75) is 8.65 Å². The summed E-state index contributed by atoms with van der Waals surface area (Å²) < 4.78 is -0.526. The molecule has 8 atom stereocenters. The third-order valence-corrected chi connectivity index (χ3v) is 8.52. The zero-order valence-corrected chi connectivity index (χ0v) is 10.2. The van der Waals surface area contributed by atoms with E-state index in [2.05, 4.69) is 31.9 Å². The van der Waals surface area contributed by atoms with Crippen LogP contribution in [0.3, 0.4) is 0 Å². The molecule has 14 heavy (non-hydrogen) atoms. The lowest BCUT2D eigenvalue weighted by Gasteiger charge is -2.68. The highest BCUT2D eigenvalue weighted by molar-refractivity contribution is 9.10. The highest BCUT2D eigenvalue weighted by Gasteiger charge is 3.00. The first-order valence-corrected chi connectivity index (χ1v) is 6.60. The number of halogens is 2. The number of rotatable bonds is 0. The summed E-state index contributed by atoms with van der Waals surface area (Å²) >= 11 is 7.27. The van der Waals surface area contributed by atoms with Gasteiger partial charge in [-0.05, 0) is 23.7 Å². The van der Waals surface area contributed by atoms with Gasteiger partial charge in [0.1, 0.15) is 0 Å². The molecular formula is C10H6Br2O2. The molecule has 4 bridgehead atoms. The van der Waals surface area contributed by atoms with E-state index in [9.17, 15) is 9.59 Å². The Morgan fingerprint density at radius 2 is 1.14 bits per heavy atom. The van der Waals surface area contributed by atoms with Gasteiger partial charge in [-0.2, -0.15) is 0 Å². The molecule has 6 fully saturated rings. The Morgan fingerprint density at radius 3 is 1.43 bits per heavy atom. The van der Waals surface area contributed by atoms with Crippen LogP contribution in [0.5, 0.6) is 0 Å². The first-order valence-electron chi connectivity index (χ1n) is 5.02. The Balaban J connectivity index is 1.93. The fourth-order valence-electron chi connectivity index (χ4n) is 5.46. The molecule has 0 heterocycles. The largest absolute Gasteiger partial charge is 0.298 e. The van der Waals surface area contributed by atoms with E-state index in [1.165, 1.54) is 0 Å². The number of alkyl halides is 2. The molecule has 0 saturated heterocycles. The average Bonchev–Trinajstić information content (AvgIpc) is 2.54. The molecule has 6 saturated carbocycles. The van der Waals surface area contributed by atoms with Gasteiger partial charge in [0.25, 0.3) is 0 Å². The molecule has 0 aromatic rings. The van der Waals surface area contributed by atoms with Crippen LogP contribution < -0.4 is 0 Å². The molecule has 8 unspecified atom stereocenters. The molecule has 6 aliphatic carbocycles. The van der Waals surface area contributed by atoms with Crippen LogP contribution in [0, 0.1) is 35.5 Å². The highest BCUT2D eigenvalue weighted by Crippen LogP contribution is 2.92. The average molecular weight is 318 g/mol. The summed E-state index contributed by atoms with van der Waals surface area (Å²) in [7, 11) is 0. The van der Waals surface area contributed by atoms with Gasteiger partial charge in [-0.3, -0.25) is 9.59 Å². The maximum absolute atomic E-state index is 12.1. The van der Waals surface area contributed by atoms with Crippen LogP contribution in [0.4, 0.5) is 0 Å². The molecule has 0 amide bonds. The maximum atomic E-state index is 12.1. The van der Waals surface area contributed by atoms with Crippen molar-refractivity contribution in [1.29, 1.82) is 0 Å². The number of hydrogen-bond acceptors (Lipinski definition) is 2. The summed E-state index contributed by atoms with van der Waals surface area (Å²) in [5, 5.41) is 0. The van der Waals surface area contributed by atoms with Crippen LogP contribution in [0.15, 0.2) is 0 Å². The number of ketones is 2. The van der Waals surface area contributed by atoms with Gasteiger partial charge in [0.05, 0.1) is 8.65 Å². The first-order chi connectivity index (χ1) is 6.55. The Bertz CT molecular complexity index is 419. The lowest BCUT2D eigenvalue weighted by molar-refractivity contribution is -0.139. The second-order valence-corrected chi connectivity index (χ2v) is 8.04. The summed E-state index contributed by atoms with van der Waals surface area (Å²) in [6, 6.07) is 0. The van der Waals surface area contributed by atoms with E-state index in [1.54, 1.807) is 0 Å². The van der Waals surface area contributed by atoms with Gasteiger partial charge >= 0.3 is 0 Å². The third kappa shape index (κ3) is 0.337. The second kappa shape index (κ2) is 1.53. The lowest BCUT2D eigenvalue weighted by atomic mass is 9.41. The molecule has 6 aliphatic rings. The quantitative estimate of drug-likeness (QED) is 0.628. The minimum absolute atomic E-state index is 0.0706. The molecule has 0 aliphatic heterocycles. The van der Waals surface area contributed by atoms with Crippen molar-refractivity contribution in [2.24, 2.45) is 35.5 Å². The minimum Gasteiger partial charge on any atom is -0.298 e. The summed E-state index contributed by atoms with van der Waals surface area (Å²) in [5.41, 5.74) is 0. The van der Waals surface area contributed by atoms with Gasteiger partial charge in [0.15, 0.2) is 11.6 Å². The van der Waals surface area contributed by atoms with Crippen LogP contribution >= 0.6 is 31.9 Å². The summed E-state index contributed by atoms with van der Waals surface area (Å²) in [6.07, 6.45) is 0. The molecule has 72 valence electrons. The van der Waals surface area contributed by atoms with Crippen molar-refractivity contribution >= 4 is 43.4 Å². The van der Waals surface area contributed by atoms with Crippen LogP contribution in [0.2, 0.25) is 0 Å². The number of carbonyl (C=O) groups excluding carboxylic acids is 2. The zero-order valence-electron chi connectivity index (χ0n) is 7.04. The zero-order chi connectivity index (χ0) is 9.62. The third-order valence-electron chi connectivity index (χ3n) is 5.62. The van der Waals surface area contributed by atoms with E-state index in [4.69, 9.17) is 0 Å². The van der Waals surface area contributed by atoms with Gasteiger partial charge in [-0.15, -0.1) is 0 Å². The summed E-state index contributed by atoms with van der Waals surface area (Å²) in [4.78, 5) is 24.1. The number of Topliss-reactive ketones (excluding diaryl/α,β-unsaturated/α-hetero) is 2. The van der Waals surface area contributed by atoms with Crippen molar-refractivity contribution in [3.63, 3.8) is 0 Å². The van der Waals surface area contributed by atoms with Gasteiger partial charge in [0, 0.05) is 11.8 Å². The summed E-state index contributed by atoms with van der Waals surface area (Å²) in [6.45, 7) is 0. The van der Waals surface area contributed by atoms with E-state index in [1.807, 2.05) is 0 Å². The molecule has 6 rings (SSSR count). The van der Waals surface area contributed by atoms with Crippen LogP contribution in [0.1, 0.15) is 0 Å². The molecule has 4 heteroatoms. The predicted molar refractivity (Wildman–Crippen MR) is 54.3 cm³/mol. The molecule has 0 aromatic heterocycles. The maximum Gasteiger partial charge on any atom is 0.154 e. The van der Waals surface area contributed by atoms with E-state index in [-0.39, 0.29) is 20.5 Å². The van der Waals surface area contributed by atoms with Crippen molar-refractivity contribution in [2.75, 3.05) is 0 Å². The van der Waals surface area contributed by atoms with Crippen molar-refractivity contribution in [3.05, 3.63) is 0 Å². The van der Waals surface area contributed by atoms with E-state index >= 15 is 0 Å². The van der Waals surface area contributed by atoms with Crippen LogP contribution in [0.25, 0.3) is 0 Å². The Labute approximate surface area is 97.1 Å². The van der Waals surface area contributed by atoms with Gasteiger partial charge in [0.2, 0.25) is 0 Å². The van der Waals surface area contributed by atoms with Gasteiger partial charge in [-0.1, -0.05) is 31.9 Å². The molecular weight excluding hydrogens is 312 g/mol. The number of hydrogen-bond donors (Lipinski definition) is 0. The van der Waals surface area contributed by atoms with Gasteiger partial charge < -0.3 is 0 Å².